The van der Waals surface area contributed by atoms with Crippen LogP contribution in [-0.4, -0.2) is 43.0 Å². The van der Waals surface area contributed by atoms with Gasteiger partial charge in [-0.2, -0.15) is 11.8 Å². The van der Waals surface area contributed by atoms with Crippen LogP contribution in [-0.2, 0) is 9.53 Å². The van der Waals surface area contributed by atoms with Crippen LogP contribution >= 0.6 is 27.7 Å². The molecule has 2 unspecified atom stereocenters. The summed E-state index contributed by atoms with van der Waals surface area (Å²) < 4.78 is 6.55. The van der Waals surface area contributed by atoms with Gasteiger partial charge in [-0.3, -0.25) is 9.59 Å². The van der Waals surface area contributed by atoms with Gasteiger partial charge in [-0.25, -0.2) is 0 Å². The lowest BCUT2D eigenvalue weighted by molar-refractivity contribution is -0.123. The maximum Gasteiger partial charge on any atom is 0.253 e. The summed E-state index contributed by atoms with van der Waals surface area (Å²) >= 11 is 5.03. The van der Waals surface area contributed by atoms with Gasteiger partial charge in [-0.1, -0.05) is 42.5 Å². The van der Waals surface area contributed by atoms with Gasteiger partial charge >= 0.3 is 0 Å². The third-order valence-corrected chi connectivity index (χ3v) is 5.94. The number of carbonyl (C=O) groups excluding carboxylic acids is 2. The van der Waals surface area contributed by atoms with Crippen LogP contribution in [0.25, 0.3) is 0 Å². The highest BCUT2D eigenvalue weighted by molar-refractivity contribution is 9.10. The van der Waals surface area contributed by atoms with Crippen LogP contribution in [0.4, 0.5) is 0 Å². The number of rotatable bonds is 12. The van der Waals surface area contributed by atoms with Crippen molar-refractivity contribution in [2.24, 2.45) is 0 Å². The summed E-state index contributed by atoms with van der Waals surface area (Å²) in [5, 5.41) is 5.79. The largest absolute Gasteiger partial charge is 0.374 e. The third kappa shape index (κ3) is 8.13. The quantitative estimate of drug-likeness (QED) is 0.425. The predicted molar refractivity (Wildman–Crippen MR) is 127 cm³/mol. The van der Waals surface area contributed by atoms with Crippen LogP contribution in [0.1, 0.15) is 41.8 Å². The van der Waals surface area contributed by atoms with E-state index >= 15 is 0 Å². The average Bonchev–Trinajstić information content (AvgIpc) is 2.76. The molecule has 2 atom stereocenters. The van der Waals surface area contributed by atoms with Gasteiger partial charge in [0.2, 0.25) is 5.91 Å². The summed E-state index contributed by atoms with van der Waals surface area (Å²) in [5.74, 6) is 0.357. The topological polar surface area (TPSA) is 67.4 Å². The van der Waals surface area contributed by atoms with Crippen molar-refractivity contribution in [1.82, 2.24) is 10.6 Å². The van der Waals surface area contributed by atoms with Gasteiger partial charge in [-0.15, -0.1) is 0 Å². The molecular formula is C23H29BrN2O3S. The fourth-order valence-corrected chi connectivity index (χ4v) is 3.81. The number of hydrogen-bond acceptors (Lipinski definition) is 4. The zero-order chi connectivity index (χ0) is 21.8. The molecule has 2 amide bonds. The Kier molecular flexibility index (Phi) is 11.0. The molecular weight excluding hydrogens is 464 g/mol. The van der Waals surface area contributed by atoms with E-state index in [0.29, 0.717) is 36.0 Å². The first-order chi connectivity index (χ1) is 14.5. The molecule has 30 heavy (non-hydrogen) atoms. The minimum absolute atomic E-state index is 0.0137. The minimum Gasteiger partial charge on any atom is -0.374 e. The molecule has 162 valence electrons. The van der Waals surface area contributed by atoms with Crippen molar-refractivity contribution in [2.45, 2.75) is 31.9 Å². The lowest BCUT2D eigenvalue weighted by Crippen LogP contribution is -2.47. The summed E-state index contributed by atoms with van der Waals surface area (Å²) in [5.41, 5.74) is 1.65. The second kappa shape index (κ2) is 13.5. The summed E-state index contributed by atoms with van der Waals surface area (Å²) in [6.45, 7) is 3.07. The molecule has 2 aromatic carbocycles. The van der Waals surface area contributed by atoms with Gasteiger partial charge < -0.3 is 15.4 Å². The van der Waals surface area contributed by atoms with Crippen LogP contribution in [0, 0.1) is 0 Å². The molecule has 0 aliphatic carbocycles. The fraction of sp³-hybridized carbons (Fsp3) is 0.391. The van der Waals surface area contributed by atoms with Gasteiger partial charge in [-0.05, 0) is 65.4 Å². The number of hydrogen-bond donors (Lipinski definition) is 2. The Morgan fingerprint density at radius 2 is 1.80 bits per heavy atom. The van der Waals surface area contributed by atoms with E-state index in [2.05, 4.69) is 26.6 Å². The summed E-state index contributed by atoms with van der Waals surface area (Å²) in [4.78, 5) is 25.2. The second-order valence-corrected chi connectivity index (χ2v) is 8.70. The van der Waals surface area contributed by atoms with Crippen LogP contribution in [0.3, 0.4) is 0 Å². The normalized spacial score (nSPS) is 12.8. The molecule has 2 aromatic rings. The molecule has 0 spiro atoms. The zero-order valence-corrected chi connectivity index (χ0v) is 19.8. The van der Waals surface area contributed by atoms with Crippen molar-refractivity contribution < 1.29 is 14.3 Å². The highest BCUT2D eigenvalue weighted by Gasteiger charge is 2.21. The molecule has 0 aliphatic rings. The van der Waals surface area contributed by atoms with E-state index in [9.17, 15) is 9.59 Å². The number of halogens is 1. The monoisotopic (exact) mass is 492 g/mol. The van der Waals surface area contributed by atoms with E-state index in [0.717, 1.165) is 11.3 Å². The Morgan fingerprint density at radius 3 is 2.50 bits per heavy atom. The molecule has 0 aromatic heterocycles. The van der Waals surface area contributed by atoms with Crippen molar-refractivity contribution in [3.8, 4) is 0 Å². The lowest BCUT2D eigenvalue weighted by atomic mass is 10.1. The van der Waals surface area contributed by atoms with Gasteiger partial charge in [0.05, 0.1) is 11.7 Å². The number of amides is 2. The molecule has 5 nitrogen and oxygen atoms in total. The fourth-order valence-electron chi connectivity index (χ4n) is 2.87. The number of ether oxygens (including phenoxy) is 1. The van der Waals surface area contributed by atoms with E-state index in [1.54, 1.807) is 23.9 Å². The molecule has 0 saturated carbocycles. The van der Waals surface area contributed by atoms with E-state index in [1.165, 1.54) is 0 Å². The number of carbonyl (C=O) groups is 2. The Labute approximate surface area is 191 Å². The second-order valence-electron chi connectivity index (χ2n) is 6.86. The van der Waals surface area contributed by atoms with Crippen LogP contribution in [0.15, 0.2) is 59.1 Å². The third-order valence-electron chi connectivity index (χ3n) is 4.61. The van der Waals surface area contributed by atoms with Crippen molar-refractivity contribution in [2.75, 3.05) is 25.2 Å². The standard InChI is InChI=1S/C23H29BrN2O3S/c1-17(18-9-4-3-5-10-18)29-15-8-14-25-23(28)21(13-16-30-2)26-22(27)19-11-6-7-12-20(19)24/h3-7,9-12,17,21H,8,13-16H2,1-2H3,(H,25,28)(H,26,27). The molecule has 2 rings (SSSR count). The van der Waals surface area contributed by atoms with Gasteiger partial charge in [0.1, 0.15) is 6.04 Å². The smallest absolute Gasteiger partial charge is 0.253 e. The first-order valence-electron chi connectivity index (χ1n) is 10.0. The average molecular weight is 493 g/mol. The first-order valence-corrected chi connectivity index (χ1v) is 12.2. The van der Waals surface area contributed by atoms with E-state index in [-0.39, 0.29) is 17.9 Å². The Balaban J connectivity index is 1.79. The number of nitrogens with one attached hydrogen (secondary N) is 2. The Bertz CT molecular complexity index is 804. The summed E-state index contributed by atoms with van der Waals surface area (Å²) in [6.07, 6.45) is 3.27. The van der Waals surface area contributed by atoms with E-state index in [1.807, 2.05) is 55.6 Å². The molecule has 0 bridgehead atoms. The van der Waals surface area contributed by atoms with E-state index < -0.39 is 6.04 Å². The molecule has 0 aliphatic heterocycles. The summed E-state index contributed by atoms with van der Waals surface area (Å²) in [6, 6.07) is 16.7. The van der Waals surface area contributed by atoms with E-state index in [4.69, 9.17) is 4.74 Å². The lowest BCUT2D eigenvalue weighted by Gasteiger charge is -2.19. The van der Waals surface area contributed by atoms with Crippen LogP contribution in [0.5, 0.6) is 0 Å². The van der Waals surface area contributed by atoms with Crippen LogP contribution < -0.4 is 10.6 Å². The maximum absolute atomic E-state index is 12.6. The summed E-state index contributed by atoms with van der Waals surface area (Å²) in [7, 11) is 0. The van der Waals surface area contributed by atoms with Gasteiger partial charge in [0.25, 0.3) is 5.91 Å². The van der Waals surface area contributed by atoms with Crippen LogP contribution in [0.2, 0.25) is 0 Å². The Hall–Kier alpha value is -1.83. The Morgan fingerprint density at radius 1 is 1.10 bits per heavy atom. The van der Waals surface area contributed by atoms with Crippen molar-refractivity contribution in [3.63, 3.8) is 0 Å². The highest BCUT2D eigenvalue weighted by atomic mass is 79.9. The zero-order valence-electron chi connectivity index (χ0n) is 17.4. The molecule has 2 N–H and O–H groups in total. The molecule has 0 radical (unpaired) electrons. The van der Waals surface area contributed by atoms with Crippen molar-refractivity contribution in [1.29, 1.82) is 0 Å². The molecule has 0 heterocycles. The first kappa shape index (κ1) is 24.4. The maximum atomic E-state index is 12.6. The van der Waals surface area contributed by atoms with Gasteiger partial charge in [0.15, 0.2) is 0 Å². The highest BCUT2D eigenvalue weighted by Crippen LogP contribution is 2.17. The molecule has 7 heteroatoms. The molecule has 0 fully saturated rings. The van der Waals surface area contributed by atoms with Crippen molar-refractivity contribution in [3.05, 3.63) is 70.2 Å². The van der Waals surface area contributed by atoms with Gasteiger partial charge in [0, 0.05) is 17.6 Å². The number of benzene rings is 2. The SMILES string of the molecule is CSCCC(NC(=O)c1ccccc1Br)C(=O)NCCCOC(C)c1ccccc1. The predicted octanol–water partition coefficient (Wildman–Crippen LogP) is 4.58. The van der Waals surface area contributed by atoms with Crippen molar-refractivity contribution >= 4 is 39.5 Å². The number of thioether (sulfide) groups is 1. The minimum atomic E-state index is -0.568. The molecule has 0 saturated heterocycles.